The molecule has 5 nitrogen and oxygen atoms in total. The van der Waals surface area contributed by atoms with Crippen molar-refractivity contribution in [2.45, 2.75) is 31.7 Å². The van der Waals surface area contributed by atoms with Crippen LogP contribution in [0.1, 0.15) is 25.7 Å². The molecule has 0 saturated carbocycles. The molecule has 1 atom stereocenters. The topological polar surface area (TPSA) is 58.6 Å². The van der Waals surface area contributed by atoms with Gasteiger partial charge >= 0.3 is 0 Å². The van der Waals surface area contributed by atoms with E-state index in [2.05, 4.69) is 5.32 Å². The molecular weight excluding hydrogens is 268 g/mol. The van der Waals surface area contributed by atoms with Crippen molar-refractivity contribution >= 4 is 17.5 Å². The monoisotopic (exact) mass is 290 g/mol. The number of amides is 2. The number of methoxy groups -OCH3 is 1. The number of unbranched alkanes of at least 4 members (excludes halogenated alkanes) is 2. The zero-order chi connectivity index (χ0) is 15.1. The number of anilines is 1. The summed E-state index contributed by atoms with van der Waals surface area (Å²) in [4.78, 5) is 25.6. The van der Waals surface area contributed by atoms with Crippen molar-refractivity contribution in [1.29, 1.82) is 0 Å². The van der Waals surface area contributed by atoms with E-state index in [-0.39, 0.29) is 24.3 Å². The lowest BCUT2D eigenvalue weighted by Crippen LogP contribution is -2.39. The van der Waals surface area contributed by atoms with Gasteiger partial charge in [-0.05, 0) is 37.9 Å². The van der Waals surface area contributed by atoms with Gasteiger partial charge in [-0.25, -0.2) is 4.90 Å². The van der Waals surface area contributed by atoms with E-state index in [1.165, 1.54) is 4.90 Å². The first-order valence-electron chi connectivity index (χ1n) is 7.38. The summed E-state index contributed by atoms with van der Waals surface area (Å²) in [5.41, 5.74) is 0.650. The SMILES string of the molecule is COCCCCCNC1CC(=O)N(c2ccccc2)C1=O. The molecule has 1 N–H and O–H groups in total. The number of carbonyl (C=O) groups is 2. The highest BCUT2D eigenvalue weighted by Gasteiger charge is 2.38. The van der Waals surface area contributed by atoms with Crippen molar-refractivity contribution in [2.24, 2.45) is 0 Å². The van der Waals surface area contributed by atoms with Crippen LogP contribution in [-0.2, 0) is 14.3 Å². The van der Waals surface area contributed by atoms with Crippen LogP contribution in [0.15, 0.2) is 30.3 Å². The molecule has 1 aliphatic heterocycles. The van der Waals surface area contributed by atoms with E-state index in [0.29, 0.717) is 5.69 Å². The highest BCUT2D eigenvalue weighted by Crippen LogP contribution is 2.22. The summed E-state index contributed by atoms with van der Waals surface area (Å²) in [6.07, 6.45) is 3.29. The molecule has 2 rings (SSSR count). The Balaban J connectivity index is 1.82. The predicted octanol–water partition coefficient (Wildman–Crippen LogP) is 1.72. The first-order chi connectivity index (χ1) is 10.2. The minimum Gasteiger partial charge on any atom is -0.385 e. The number of carbonyl (C=O) groups excluding carboxylic acids is 2. The number of nitrogens with one attached hydrogen (secondary N) is 1. The second kappa shape index (κ2) is 7.90. The lowest BCUT2D eigenvalue weighted by molar-refractivity contribution is -0.121. The van der Waals surface area contributed by atoms with E-state index in [4.69, 9.17) is 4.74 Å². The highest BCUT2D eigenvalue weighted by atomic mass is 16.5. The Morgan fingerprint density at radius 2 is 1.95 bits per heavy atom. The fourth-order valence-corrected chi connectivity index (χ4v) is 2.46. The van der Waals surface area contributed by atoms with Gasteiger partial charge in [0.1, 0.15) is 0 Å². The molecule has 0 aliphatic carbocycles. The van der Waals surface area contributed by atoms with E-state index in [9.17, 15) is 9.59 Å². The third kappa shape index (κ3) is 4.12. The van der Waals surface area contributed by atoms with Crippen molar-refractivity contribution in [3.8, 4) is 0 Å². The molecule has 0 spiro atoms. The smallest absolute Gasteiger partial charge is 0.251 e. The Morgan fingerprint density at radius 3 is 2.67 bits per heavy atom. The van der Waals surface area contributed by atoms with E-state index < -0.39 is 0 Å². The zero-order valence-electron chi connectivity index (χ0n) is 12.4. The van der Waals surface area contributed by atoms with Crippen molar-refractivity contribution < 1.29 is 14.3 Å². The number of benzene rings is 1. The molecule has 1 aromatic rings. The van der Waals surface area contributed by atoms with Crippen LogP contribution in [0.4, 0.5) is 5.69 Å². The molecule has 1 aromatic carbocycles. The minimum atomic E-state index is -0.389. The first-order valence-corrected chi connectivity index (χ1v) is 7.38. The van der Waals surface area contributed by atoms with Crippen LogP contribution in [0.2, 0.25) is 0 Å². The minimum absolute atomic E-state index is 0.136. The molecule has 21 heavy (non-hydrogen) atoms. The number of ether oxygens (including phenoxy) is 1. The van der Waals surface area contributed by atoms with E-state index in [1.54, 1.807) is 19.2 Å². The predicted molar refractivity (Wildman–Crippen MR) is 81.1 cm³/mol. The van der Waals surface area contributed by atoms with Gasteiger partial charge < -0.3 is 10.1 Å². The van der Waals surface area contributed by atoms with Crippen molar-refractivity contribution in [3.05, 3.63) is 30.3 Å². The molecule has 1 unspecified atom stereocenters. The molecule has 0 bridgehead atoms. The van der Waals surface area contributed by atoms with Crippen LogP contribution in [0, 0.1) is 0 Å². The summed E-state index contributed by atoms with van der Waals surface area (Å²) in [5.74, 6) is -0.286. The maximum absolute atomic E-state index is 12.3. The van der Waals surface area contributed by atoms with Crippen LogP contribution in [0.3, 0.4) is 0 Å². The Kier molecular flexibility index (Phi) is 5.90. The quantitative estimate of drug-likeness (QED) is 0.585. The molecule has 114 valence electrons. The van der Waals surface area contributed by atoms with Crippen LogP contribution < -0.4 is 10.2 Å². The van der Waals surface area contributed by atoms with Gasteiger partial charge in [0.25, 0.3) is 5.91 Å². The van der Waals surface area contributed by atoms with Gasteiger partial charge in [-0.1, -0.05) is 18.2 Å². The molecule has 1 fully saturated rings. The van der Waals surface area contributed by atoms with Crippen LogP contribution in [-0.4, -0.2) is 38.1 Å². The first kappa shape index (κ1) is 15.7. The second-order valence-electron chi connectivity index (χ2n) is 5.17. The fourth-order valence-electron chi connectivity index (χ4n) is 2.46. The zero-order valence-corrected chi connectivity index (χ0v) is 12.4. The van der Waals surface area contributed by atoms with E-state index >= 15 is 0 Å². The number of nitrogens with zero attached hydrogens (tertiary/aromatic N) is 1. The third-order valence-corrected chi connectivity index (χ3v) is 3.58. The van der Waals surface area contributed by atoms with Crippen LogP contribution in [0.25, 0.3) is 0 Å². The summed E-state index contributed by atoms with van der Waals surface area (Å²) in [6, 6.07) is 8.69. The average Bonchev–Trinajstić information content (AvgIpc) is 2.78. The molecule has 1 aliphatic rings. The lowest BCUT2D eigenvalue weighted by Gasteiger charge is -2.15. The molecular formula is C16H22N2O3. The maximum atomic E-state index is 12.3. The standard InChI is InChI=1S/C16H22N2O3/c1-21-11-7-3-6-10-17-14-12-15(19)18(16(14)20)13-8-4-2-5-9-13/h2,4-5,8-9,14,17H,3,6-7,10-12H2,1H3. The van der Waals surface area contributed by atoms with Crippen LogP contribution >= 0.6 is 0 Å². The number of hydrogen-bond acceptors (Lipinski definition) is 4. The van der Waals surface area contributed by atoms with Crippen molar-refractivity contribution in [1.82, 2.24) is 5.32 Å². The number of hydrogen-bond donors (Lipinski definition) is 1. The molecule has 0 radical (unpaired) electrons. The van der Waals surface area contributed by atoms with E-state index in [1.807, 2.05) is 18.2 Å². The number of para-hydroxylation sites is 1. The molecule has 1 heterocycles. The van der Waals surface area contributed by atoms with Gasteiger partial charge in [0.15, 0.2) is 0 Å². The van der Waals surface area contributed by atoms with E-state index in [0.717, 1.165) is 32.4 Å². The second-order valence-corrected chi connectivity index (χ2v) is 5.17. The van der Waals surface area contributed by atoms with Crippen molar-refractivity contribution in [3.63, 3.8) is 0 Å². The summed E-state index contributed by atoms with van der Waals surface area (Å²) in [7, 11) is 1.69. The summed E-state index contributed by atoms with van der Waals surface area (Å²) in [6.45, 7) is 1.51. The normalized spacial score (nSPS) is 18.5. The van der Waals surface area contributed by atoms with Gasteiger partial charge in [0.05, 0.1) is 18.2 Å². The maximum Gasteiger partial charge on any atom is 0.251 e. The Bertz CT molecular complexity index is 476. The number of rotatable bonds is 8. The van der Waals surface area contributed by atoms with Gasteiger partial charge in [-0.15, -0.1) is 0 Å². The van der Waals surface area contributed by atoms with Gasteiger partial charge in [0, 0.05) is 13.7 Å². The van der Waals surface area contributed by atoms with Crippen molar-refractivity contribution in [2.75, 3.05) is 25.2 Å². The van der Waals surface area contributed by atoms with Gasteiger partial charge in [-0.2, -0.15) is 0 Å². The Hall–Kier alpha value is -1.72. The summed E-state index contributed by atoms with van der Waals surface area (Å²) < 4.78 is 4.99. The molecule has 5 heteroatoms. The third-order valence-electron chi connectivity index (χ3n) is 3.58. The van der Waals surface area contributed by atoms with Gasteiger partial charge in [0.2, 0.25) is 5.91 Å². The average molecular weight is 290 g/mol. The fraction of sp³-hybridized carbons (Fsp3) is 0.500. The lowest BCUT2D eigenvalue weighted by atomic mass is 10.2. The van der Waals surface area contributed by atoms with Gasteiger partial charge in [-0.3, -0.25) is 9.59 Å². The van der Waals surface area contributed by atoms with Crippen LogP contribution in [0.5, 0.6) is 0 Å². The molecule has 0 aromatic heterocycles. The summed E-state index contributed by atoms with van der Waals surface area (Å²) >= 11 is 0. The molecule has 2 amide bonds. The number of imide groups is 1. The largest absolute Gasteiger partial charge is 0.385 e. The Labute approximate surface area is 125 Å². The highest BCUT2D eigenvalue weighted by molar-refractivity contribution is 6.22. The molecule has 1 saturated heterocycles. The summed E-state index contributed by atoms with van der Waals surface area (Å²) in [5, 5.41) is 3.19. The Morgan fingerprint density at radius 1 is 1.19 bits per heavy atom.